The van der Waals surface area contributed by atoms with Gasteiger partial charge in [-0.05, 0) is 31.3 Å². The number of aromatic nitrogens is 2. The second-order valence-electron chi connectivity index (χ2n) is 4.12. The molecule has 0 radical (unpaired) electrons. The number of nitrogens with zero attached hydrogens (tertiary/aromatic N) is 1. The molecule has 8 heteroatoms. The summed E-state index contributed by atoms with van der Waals surface area (Å²) in [7, 11) is 0. The van der Waals surface area contributed by atoms with Gasteiger partial charge < -0.3 is 15.0 Å². The standard InChI is InChI=1S/C14H14N4O3S/c1-2-21-13(20)10-11(16-8-15-10)17-14(22)18-12(19)9-6-4-3-5-7-9/h3-8H,2H2,1H3,(H,15,16)(H2,17,18,19,22). The van der Waals surface area contributed by atoms with Crippen LogP contribution in [0.25, 0.3) is 0 Å². The Labute approximate surface area is 132 Å². The number of anilines is 1. The minimum absolute atomic E-state index is 0.0338. The lowest BCUT2D eigenvalue weighted by atomic mass is 10.2. The molecular weight excluding hydrogens is 304 g/mol. The molecule has 0 saturated carbocycles. The van der Waals surface area contributed by atoms with E-state index in [2.05, 4.69) is 20.6 Å². The average molecular weight is 318 g/mol. The van der Waals surface area contributed by atoms with Gasteiger partial charge in [-0.15, -0.1) is 0 Å². The first-order valence-corrected chi connectivity index (χ1v) is 6.90. The number of rotatable bonds is 4. The summed E-state index contributed by atoms with van der Waals surface area (Å²) in [5.74, 6) is -0.720. The fraction of sp³-hybridized carbons (Fsp3) is 0.143. The summed E-state index contributed by atoms with van der Waals surface area (Å²) < 4.78 is 4.88. The number of thiocarbonyl (C=S) groups is 1. The van der Waals surface area contributed by atoms with E-state index in [-0.39, 0.29) is 29.1 Å². The van der Waals surface area contributed by atoms with E-state index in [4.69, 9.17) is 17.0 Å². The SMILES string of the molecule is CCOC(=O)c1[nH]cnc1NC(=S)NC(=O)c1ccccc1. The van der Waals surface area contributed by atoms with E-state index in [1.807, 2.05) is 6.07 Å². The molecule has 1 amide bonds. The van der Waals surface area contributed by atoms with Crippen molar-refractivity contribution in [1.82, 2.24) is 15.3 Å². The van der Waals surface area contributed by atoms with Crippen LogP contribution in [0.15, 0.2) is 36.7 Å². The molecule has 22 heavy (non-hydrogen) atoms. The number of imidazole rings is 1. The van der Waals surface area contributed by atoms with Crippen molar-refractivity contribution in [1.29, 1.82) is 0 Å². The molecule has 1 aromatic carbocycles. The maximum Gasteiger partial charge on any atom is 0.358 e. The summed E-state index contributed by atoms with van der Waals surface area (Å²) in [6, 6.07) is 8.63. The van der Waals surface area contributed by atoms with E-state index in [1.54, 1.807) is 31.2 Å². The molecule has 0 atom stereocenters. The number of esters is 1. The highest BCUT2D eigenvalue weighted by Gasteiger charge is 2.17. The molecule has 0 saturated heterocycles. The van der Waals surface area contributed by atoms with Crippen molar-refractivity contribution < 1.29 is 14.3 Å². The van der Waals surface area contributed by atoms with Crippen molar-refractivity contribution in [2.24, 2.45) is 0 Å². The molecule has 0 fully saturated rings. The minimum Gasteiger partial charge on any atom is -0.461 e. The summed E-state index contributed by atoms with van der Waals surface area (Å²) >= 11 is 5.04. The highest BCUT2D eigenvalue weighted by Crippen LogP contribution is 2.10. The third-order valence-corrected chi connectivity index (χ3v) is 2.82. The van der Waals surface area contributed by atoms with Gasteiger partial charge in [-0.2, -0.15) is 0 Å². The van der Waals surface area contributed by atoms with Gasteiger partial charge in [0.25, 0.3) is 5.91 Å². The van der Waals surface area contributed by atoms with Crippen molar-refractivity contribution in [3.05, 3.63) is 47.9 Å². The molecule has 0 aliphatic rings. The quantitative estimate of drug-likeness (QED) is 0.587. The van der Waals surface area contributed by atoms with E-state index in [0.717, 1.165) is 0 Å². The number of amides is 1. The maximum atomic E-state index is 11.9. The van der Waals surface area contributed by atoms with E-state index in [0.29, 0.717) is 5.56 Å². The van der Waals surface area contributed by atoms with Crippen molar-refractivity contribution in [3.8, 4) is 0 Å². The Morgan fingerprint density at radius 3 is 2.73 bits per heavy atom. The molecule has 0 aliphatic carbocycles. The van der Waals surface area contributed by atoms with Crippen molar-refractivity contribution in [3.63, 3.8) is 0 Å². The number of hydrogen-bond acceptors (Lipinski definition) is 5. The minimum atomic E-state index is -0.556. The predicted molar refractivity (Wildman–Crippen MR) is 84.7 cm³/mol. The van der Waals surface area contributed by atoms with Crippen LogP contribution in [-0.4, -0.2) is 33.6 Å². The van der Waals surface area contributed by atoms with Crippen molar-refractivity contribution in [2.45, 2.75) is 6.92 Å². The van der Waals surface area contributed by atoms with Crippen LogP contribution in [0.4, 0.5) is 5.82 Å². The number of ether oxygens (including phenoxy) is 1. The topological polar surface area (TPSA) is 96.1 Å². The Morgan fingerprint density at radius 2 is 2.05 bits per heavy atom. The predicted octanol–water partition coefficient (Wildman–Crippen LogP) is 1.71. The first-order chi connectivity index (χ1) is 10.6. The van der Waals surface area contributed by atoms with Gasteiger partial charge in [0.15, 0.2) is 16.6 Å². The normalized spacial score (nSPS) is 9.86. The van der Waals surface area contributed by atoms with Crippen LogP contribution >= 0.6 is 12.2 Å². The van der Waals surface area contributed by atoms with Crippen LogP contribution < -0.4 is 10.6 Å². The third kappa shape index (κ3) is 3.89. The van der Waals surface area contributed by atoms with Gasteiger partial charge in [0.1, 0.15) is 0 Å². The van der Waals surface area contributed by atoms with Gasteiger partial charge in [-0.25, -0.2) is 9.78 Å². The Bertz CT molecular complexity index is 684. The van der Waals surface area contributed by atoms with Gasteiger partial charge in [-0.1, -0.05) is 18.2 Å². The summed E-state index contributed by atoms with van der Waals surface area (Å²) in [6.45, 7) is 1.94. The molecule has 0 unspecified atom stereocenters. The maximum absolute atomic E-state index is 11.9. The molecule has 114 valence electrons. The molecule has 0 spiro atoms. The zero-order valence-electron chi connectivity index (χ0n) is 11.8. The molecule has 2 rings (SSSR count). The van der Waals surface area contributed by atoms with Crippen molar-refractivity contribution in [2.75, 3.05) is 11.9 Å². The summed E-state index contributed by atoms with van der Waals surface area (Å²) in [4.78, 5) is 30.2. The molecular formula is C14H14N4O3S. The Balaban J connectivity index is 2.00. The zero-order chi connectivity index (χ0) is 15.9. The van der Waals surface area contributed by atoms with E-state index in [9.17, 15) is 9.59 Å². The molecule has 1 aromatic heterocycles. The number of benzene rings is 1. The van der Waals surface area contributed by atoms with Crippen LogP contribution in [0.2, 0.25) is 0 Å². The lowest BCUT2D eigenvalue weighted by Crippen LogP contribution is -2.34. The molecule has 0 aliphatic heterocycles. The van der Waals surface area contributed by atoms with E-state index in [1.165, 1.54) is 6.33 Å². The first-order valence-electron chi connectivity index (χ1n) is 6.49. The number of H-pyrrole nitrogens is 1. The van der Waals surface area contributed by atoms with E-state index < -0.39 is 5.97 Å². The number of hydrogen-bond donors (Lipinski definition) is 3. The Morgan fingerprint density at radius 1 is 1.32 bits per heavy atom. The third-order valence-electron chi connectivity index (χ3n) is 2.61. The number of carbonyl (C=O) groups excluding carboxylic acids is 2. The van der Waals surface area contributed by atoms with Gasteiger partial charge in [0.2, 0.25) is 0 Å². The molecule has 7 nitrogen and oxygen atoms in total. The lowest BCUT2D eigenvalue weighted by molar-refractivity contribution is 0.0521. The van der Waals surface area contributed by atoms with Crippen LogP contribution in [0.3, 0.4) is 0 Å². The highest BCUT2D eigenvalue weighted by atomic mass is 32.1. The number of carbonyl (C=O) groups is 2. The Hall–Kier alpha value is -2.74. The van der Waals surface area contributed by atoms with Crippen LogP contribution in [0.5, 0.6) is 0 Å². The lowest BCUT2D eigenvalue weighted by Gasteiger charge is -2.09. The fourth-order valence-corrected chi connectivity index (χ4v) is 1.84. The van der Waals surface area contributed by atoms with E-state index >= 15 is 0 Å². The number of aromatic amines is 1. The molecule has 0 bridgehead atoms. The number of nitrogens with one attached hydrogen (secondary N) is 3. The molecule has 3 N–H and O–H groups in total. The van der Waals surface area contributed by atoms with Gasteiger partial charge in [0, 0.05) is 5.56 Å². The average Bonchev–Trinajstić information content (AvgIpc) is 2.96. The van der Waals surface area contributed by atoms with Gasteiger partial charge in [-0.3, -0.25) is 10.1 Å². The molecule has 2 aromatic rings. The monoisotopic (exact) mass is 318 g/mol. The fourth-order valence-electron chi connectivity index (χ4n) is 1.65. The van der Waals surface area contributed by atoms with Crippen LogP contribution in [-0.2, 0) is 4.74 Å². The Kier molecular flexibility index (Phi) is 5.21. The molecule has 1 heterocycles. The van der Waals surface area contributed by atoms with Crippen LogP contribution in [0, 0.1) is 0 Å². The zero-order valence-corrected chi connectivity index (χ0v) is 12.6. The van der Waals surface area contributed by atoms with Gasteiger partial charge in [0.05, 0.1) is 12.9 Å². The summed E-state index contributed by atoms with van der Waals surface area (Å²) in [5, 5.41) is 5.23. The highest BCUT2D eigenvalue weighted by molar-refractivity contribution is 7.80. The summed E-state index contributed by atoms with van der Waals surface area (Å²) in [6.07, 6.45) is 1.33. The second-order valence-corrected chi connectivity index (χ2v) is 4.53. The van der Waals surface area contributed by atoms with Crippen LogP contribution in [0.1, 0.15) is 27.8 Å². The van der Waals surface area contributed by atoms with Gasteiger partial charge >= 0.3 is 5.97 Å². The first kappa shape index (κ1) is 15.6. The van der Waals surface area contributed by atoms with Crippen molar-refractivity contribution >= 4 is 35.0 Å². The summed E-state index contributed by atoms with van der Waals surface area (Å²) in [5.41, 5.74) is 0.609. The smallest absolute Gasteiger partial charge is 0.358 e. The largest absolute Gasteiger partial charge is 0.461 e. The second kappa shape index (κ2) is 7.32.